The van der Waals surface area contributed by atoms with Gasteiger partial charge < -0.3 is 0 Å². The molecule has 1 rings (SSSR count). The highest BCUT2D eigenvalue weighted by atomic mass is 16.1. The van der Waals surface area contributed by atoms with Gasteiger partial charge in [0, 0.05) is 25.4 Å². The Bertz CT molecular complexity index is 257. The number of nitrogens with zero attached hydrogens (tertiary/aromatic N) is 2. The van der Waals surface area contributed by atoms with Crippen LogP contribution in [0.3, 0.4) is 0 Å². The Balaban J connectivity index is 2.50. The molecule has 0 N–H and O–H groups in total. The van der Waals surface area contributed by atoms with Crippen molar-refractivity contribution in [1.29, 1.82) is 5.26 Å². The quantitative estimate of drug-likeness (QED) is 0.709. The number of hydrogen-bond acceptors (Lipinski definition) is 3. The summed E-state index contributed by atoms with van der Waals surface area (Å²) >= 11 is 0. The van der Waals surface area contributed by atoms with E-state index < -0.39 is 0 Å². The highest BCUT2D eigenvalue weighted by Crippen LogP contribution is 2.20. The summed E-state index contributed by atoms with van der Waals surface area (Å²) < 4.78 is 0. The first-order valence-electron chi connectivity index (χ1n) is 5.82. The molecule has 0 radical (unpaired) electrons. The van der Waals surface area contributed by atoms with Crippen LogP contribution in [0.5, 0.6) is 0 Å². The van der Waals surface area contributed by atoms with Crippen LogP contribution in [0.2, 0.25) is 0 Å². The monoisotopic (exact) mass is 208 g/mol. The summed E-state index contributed by atoms with van der Waals surface area (Å²) in [6.45, 7) is 5.77. The number of hydrogen-bond donors (Lipinski definition) is 0. The molecule has 1 fully saturated rings. The van der Waals surface area contributed by atoms with Crippen LogP contribution in [0.4, 0.5) is 0 Å². The van der Waals surface area contributed by atoms with Gasteiger partial charge in [-0.15, -0.1) is 0 Å². The van der Waals surface area contributed by atoms with Crippen molar-refractivity contribution in [2.75, 3.05) is 13.1 Å². The number of carbonyl (C=O) groups excluding carboxylic acids is 1. The lowest BCUT2D eigenvalue weighted by molar-refractivity contribution is -0.122. The van der Waals surface area contributed by atoms with E-state index in [2.05, 4.69) is 17.9 Å². The van der Waals surface area contributed by atoms with Crippen molar-refractivity contribution < 1.29 is 4.79 Å². The van der Waals surface area contributed by atoms with E-state index in [1.165, 1.54) is 0 Å². The number of rotatable bonds is 4. The second-order valence-corrected chi connectivity index (χ2v) is 4.41. The van der Waals surface area contributed by atoms with Crippen LogP contribution in [0.1, 0.15) is 39.5 Å². The Morgan fingerprint density at radius 1 is 1.67 bits per heavy atom. The summed E-state index contributed by atoms with van der Waals surface area (Å²) in [5, 5.41) is 8.79. The minimum atomic E-state index is 0.0574. The van der Waals surface area contributed by atoms with E-state index in [0.717, 1.165) is 32.4 Å². The number of nitriles is 1. The fourth-order valence-corrected chi connectivity index (χ4v) is 2.24. The third-order valence-corrected chi connectivity index (χ3v) is 3.11. The van der Waals surface area contributed by atoms with Gasteiger partial charge in [-0.25, -0.2) is 0 Å². The molecule has 84 valence electrons. The fourth-order valence-electron chi connectivity index (χ4n) is 2.24. The van der Waals surface area contributed by atoms with Crippen LogP contribution in [0, 0.1) is 17.2 Å². The Kier molecular flexibility index (Phi) is 4.77. The number of carbonyl (C=O) groups is 1. The van der Waals surface area contributed by atoms with Gasteiger partial charge in [-0.2, -0.15) is 5.26 Å². The highest BCUT2D eigenvalue weighted by Gasteiger charge is 2.25. The first-order chi connectivity index (χ1) is 7.17. The van der Waals surface area contributed by atoms with Crippen LogP contribution in [-0.4, -0.2) is 29.8 Å². The molecule has 0 saturated heterocycles. The van der Waals surface area contributed by atoms with E-state index in [9.17, 15) is 4.79 Å². The van der Waals surface area contributed by atoms with Gasteiger partial charge >= 0.3 is 0 Å². The molecule has 1 saturated carbocycles. The molecule has 2 atom stereocenters. The summed E-state index contributed by atoms with van der Waals surface area (Å²) in [5.41, 5.74) is 0. The maximum Gasteiger partial charge on any atom is 0.134 e. The van der Waals surface area contributed by atoms with E-state index in [1.807, 2.05) is 6.92 Å². The second-order valence-electron chi connectivity index (χ2n) is 4.41. The van der Waals surface area contributed by atoms with E-state index in [0.29, 0.717) is 18.2 Å². The molecule has 0 aromatic heterocycles. The van der Waals surface area contributed by atoms with Gasteiger partial charge in [0.05, 0.1) is 12.0 Å². The molecule has 3 nitrogen and oxygen atoms in total. The maximum atomic E-state index is 11.4. The molecular weight excluding hydrogens is 188 g/mol. The van der Waals surface area contributed by atoms with Crippen LogP contribution in [-0.2, 0) is 4.79 Å². The topological polar surface area (TPSA) is 44.1 Å². The molecule has 15 heavy (non-hydrogen) atoms. The molecule has 0 spiro atoms. The minimum absolute atomic E-state index is 0.0574. The van der Waals surface area contributed by atoms with Crippen molar-refractivity contribution in [2.45, 2.75) is 45.6 Å². The summed E-state index contributed by atoms with van der Waals surface area (Å²) in [5.74, 6) is 0.441. The van der Waals surface area contributed by atoms with Gasteiger partial charge in [-0.05, 0) is 26.3 Å². The third-order valence-electron chi connectivity index (χ3n) is 3.11. The number of ketones is 1. The average Bonchev–Trinajstić information content (AvgIpc) is 2.25. The summed E-state index contributed by atoms with van der Waals surface area (Å²) in [6.07, 6.45) is 3.56. The molecule has 0 aromatic carbocycles. The lowest BCUT2D eigenvalue weighted by Gasteiger charge is -2.33. The van der Waals surface area contributed by atoms with Crippen LogP contribution in [0.15, 0.2) is 0 Å². The van der Waals surface area contributed by atoms with Crippen molar-refractivity contribution in [2.24, 2.45) is 5.92 Å². The van der Waals surface area contributed by atoms with Crippen LogP contribution < -0.4 is 0 Å². The van der Waals surface area contributed by atoms with Crippen molar-refractivity contribution in [1.82, 2.24) is 4.90 Å². The van der Waals surface area contributed by atoms with Gasteiger partial charge in [0.25, 0.3) is 0 Å². The van der Waals surface area contributed by atoms with Crippen LogP contribution >= 0.6 is 0 Å². The zero-order chi connectivity index (χ0) is 11.3. The van der Waals surface area contributed by atoms with Crippen molar-refractivity contribution in [3.05, 3.63) is 0 Å². The van der Waals surface area contributed by atoms with E-state index in [-0.39, 0.29) is 5.92 Å². The lowest BCUT2D eigenvalue weighted by Crippen LogP contribution is -2.41. The predicted octanol–water partition coefficient (Wildman–Crippen LogP) is 1.98. The Morgan fingerprint density at radius 2 is 2.40 bits per heavy atom. The van der Waals surface area contributed by atoms with E-state index >= 15 is 0 Å². The Labute approximate surface area is 92.1 Å². The predicted molar refractivity (Wildman–Crippen MR) is 59.3 cm³/mol. The maximum absolute atomic E-state index is 11.4. The second kappa shape index (κ2) is 5.87. The SMILES string of the molecule is CCN(CC(C)C#N)C1CCCC(=O)C1. The Morgan fingerprint density at radius 3 is 2.93 bits per heavy atom. The number of Topliss-reactive ketones (excluding diaryl/α,β-unsaturated/α-hetero) is 1. The standard InChI is InChI=1S/C12H20N2O/c1-3-14(9-10(2)8-13)11-5-4-6-12(15)7-11/h10-11H,3-7,9H2,1-2H3. The fraction of sp³-hybridized carbons (Fsp3) is 0.833. The first kappa shape index (κ1) is 12.2. The molecule has 0 heterocycles. The molecule has 0 aromatic rings. The summed E-state index contributed by atoms with van der Waals surface area (Å²) in [7, 11) is 0. The molecule has 1 aliphatic rings. The molecule has 1 aliphatic carbocycles. The minimum Gasteiger partial charge on any atom is -0.300 e. The largest absolute Gasteiger partial charge is 0.300 e. The molecule has 2 unspecified atom stereocenters. The molecule has 0 amide bonds. The summed E-state index contributed by atoms with van der Waals surface area (Å²) in [4.78, 5) is 13.6. The van der Waals surface area contributed by atoms with Crippen molar-refractivity contribution in [3.63, 3.8) is 0 Å². The van der Waals surface area contributed by atoms with Crippen molar-refractivity contribution >= 4 is 5.78 Å². The highest BCUT2D eigenvalue weighted by molar-refractivity contribution is 5.79. The van der Waals surface area contributed by atoms with Gasteiger partial charge in [-0.1, -0.05) is 6.92 Å². The summed E-state index contributed by atoms with van der Waals surface area (Å²) in [6, 6.07) is 2.63. The van der Waals surface area contributed by atoms with E-state index in [1.54, 1.807) is 0 Å². The van der Waals surface area contributed by atoms with Gasteiger partial charge in [0.1, 0.15) is 5.78 Å². The zero-order valence-corrected chi connectivity index (χ0v) is 9.70. The molecule has 3 heteroatoms. The Hall–Kier alpha value is -0.880. The van der Waals surface area contributed by atoms with Gasteiger partial charge in [0.2, 0.25) is 0 Å². The van der Waals surface area contributed by atoms with Crippen molar-refractivity contribution in [3.8, 4) is 6.07 Å². The van der Waals surface area contributed by atoms with E-state index in [4.69, 9.17) is 5.26 Å². The first-order valence-corrected chi connectivity index (χ1v) is 5.82. The molecule has 0 bridgehead atoms. The average molecular weight is 208 g/mol. The molecule has 0 aliphatic heterocycles. The third kappa shape index (κ3) is 3.64. The molecular formula is C12H20N2O. The zero-order valence-electron chi connectivity index (χ0n) is 9.70. The van der Waals surface area contributed by atoms with Crippen LogP contribution in [0.25, 0.3) is 0 Å². The lowest BCUT2D eigenvalue weighted by atomic mass is 9.92. The smallest absolute Gasteiger partial charge is 0.134 e. The van der Waals surface area contributed by atoms with Gasteiger partial charge in [-0.3, -0.25) is 9.69 Å². The normalized spacial score (nSPS) is 23.9. The van der Waals surface area contributed by atoms with Gasteiger partial charge in [0.15, 0.2) is 0 Å².